The van der Waals surface area contributed by atoms with Crippen LogP contribution in [0.1, 0.15) is 35.6 Å². The lowest BCUT2D eigenvalue weighted by Crippen LogP contribution is -2.44. The van der Waals surface area contributed by atoms with E-state index in [0.29, 0.717) is 18.8 Å². The van der Waals surface area contributed by atoms with Gasteiger partial charge in [0.15, 0.2) is 0 Å². The topological polar surface area (TPSA) is 78.1 Å². The van der Waals surface area contributed by atoms with Gasteiger partial charge in [0.1, 0.15) is 0 Å². The van der Waals surface area contributed by atoms with Crippen molar-refractivity contribution in [2.45, 2.75) is 25.2 Å². The van der Waals surface area contributed by atoms with Crippen LogP contribution in [0.2, 0.25) is 0 Å². The molecule has 29 heavy (non-hydrogen) atoms. The summed E-state index contributed by atoms with van der Waals surface area (Å²) in [6.07, 6.45) is 4.49. The van der Waals surface area contributed by atoms with Crippen LogP contribution in [-0.2, 0) is 16.0 Å². The first kappa shape index (κ1) is 18.9. The minimum atomic E-state index is -0.592. The lowest BCUT2D eigenvalue weighted by Gasteiger charge is -2.32. The van der Waals surface area contributed by atoms with Gasteiger partial charge in [0, 0.05) is 36.8 Å². The summed E-state index contributed by atoms with van der Waals surface area (Å²) in [5, 5.41) is 10.1. The highest BCUT2D eigenvalue weighted by molar-refractivity contribution is 6.39. The first-order valence-electron chi connectivity index (χ1n) is 9.92. The van der Waals surface area contributed by atoms with E-state index in [0.717, 1.165) is 30.5 Å². The normalized spacial score (nSPS) is 16.4. The molecule has 6 nitrogen and oxygen atoms in total. The second-order valence-corrected chi connectivity index (χ2v) is 7.38. The van der Waals surface area contributed by atoms with E-state index in [4.69, 9.17) is 0 Å². The number of aromatic nitrogens is 2. The van der Waals surface area contributed by atoms with E-state index in [1.165, 1.54) is 5.56 Å². The number of nitrogens with zero attached hydrogens (tertiary/aromatic N) is 2. The highest BCUT2D eigenvalue weighted by Gasteiger charge is 2.30. The van der Waals surface area contributed by atoms with Gasteiger partial charge in [-0.3, -0.25) is 14.7 Å². The maximum absolute atomic E-state index is 12.7. The average molecular weight is 388 g/mol. The molecule has 2 aromatic carbocycles. The van der Waals surface area contributed by atoms with Crippen molar-refractivity contribution in [3.8, 4) is 0 Å². The maximum Gasteiger partial charge on any atom is 0.313 e. The number of anilines is 1. The predicted octanol–water partition coefficient (Wildman–Crippen LogP) is 3.35. The third-order valence-electron chi connectivity index (χ3n) is 5.33. The number of piperidine rings is 1. The van der Waals surface area contributed by atoms with Crippen LogP contribution in [0.25, 0.3) is 0 Å². The van der Waals surface area contributed by atoms with Crippen LogP contribution >= 0.6 is 0 Å². The van der Waals surface area contributed by atoms with Gasteiger partial charge in [0.25, 0.3) is 0 Å². The van der Waals surface area contributed by atoms with Crippen molar-refractivity contribution in [1.82, 2.24) is 15.1 Å². The Morgan fingerprint density at radius 3 is 2.55 bits per heavy atom. The predicted molar refractivity (Wildman–Crippen MR) is 111 cm³/mol. The molecule has 1 aliphatic rings. The Bertz CT molecular complexity index is 969. The lowest BCUT2D eigenvalue weighted by atomic mass is 9.90. The third kappa shape index (κ3) is 4.54. The maximum atomic E-state index is 12.7. The molecule has 1 atom stereocenters. The second-order valence-electron chi connectivity index (χ2n) is 7.38. The first-order chi connectivity index (χ1) is 14.2. The molecule has 148 valence electrons. The number of nitrogens with one attached hydrogen (secondary N) is 2. The van der Waals surface area contributed by atoms with Gasteiger partial charge < -0.3 is 10.2 Å². The van der Waals surface area contributed by atoms with Crippen molar-refractivity contribution in [3.05, 3.63) is 83.7 Å². The molecule has 2 N–H and O–H groups in total. The Labute approximate surface area is 169 Å². The van der Waals surface area contributed by atoms with Crippen LogP contribution in [-0.4, -0.2) is 40.0 Å². The van der Waals surface area contributed by atoms with Gasteiger partial charge in [0.2, 0.25) is 0 Å². The summed E-state index contributed by atoms with van der Waals surface area (Å²) < 4.78 is 0. The van der Waals surface area contributed by atoms with Gasteiger partial charge in [-0.25, -0.2) is 0 Å². The quantitative estimate of drug-likeness (QED) is 0.673. The molecular weight excluding hydrogens is 364 g/mol. The fourth-order valence-electron chi connectivity index (χ4n) is 3.88. The number of carbonyl (C=O) groups excluding carboxylic acids is 2. The van der Waals surface area contributed by atoms with Crippen LogP contribution < -0.4 is 5.32 Å². The van der Waals surface area contributed by atoms with Crippen LogP contribution in [0.4, 0.5) is 5.69 Å². The minimum Gasteiger partial charge on any atom is -0.334 e. The molecule has 1 aromatic heterocycles. The molecule has 0 saturated carbocycles. The Morgan fingerprint density at radius 1 is 1.07 bits per heavy atom. The Kier molecular flexibility index (Phi) is 5.70. The molecule has 1 saturated heterocycles. The fourth-order valence-corrected chi connectivity index (χ4v) is 3.88. The van der Waals surface area contributed by atoms with Crippen LogP contribution in [0.15, 0.2) is 66.9 Å². The van der Waals surface area contributed by atoms with Gasteiger partial charge >= 0.3 is 11.8 Å². The SMILES string of the molecule is O=C(Nc1ccccc1)C(=O)N1CCC[C@@H](c2[nH]ncc2Cc2ccccc2)C1. The van der Waals surface area contributed by atoms with Gasteiger partial charge in [-0.1, -0.05) is 48.5 Å². The molecule has 1 fully saturated rings. The lowest BCUT2D eigenvalue weighted by molar-refractivity contribution is -0.144. The average Bonchev–Trinajstić information content (AvgIpc) is 3.23. The summed E-state index contributed by atoms with van der Waals surface area (Å²) in [5.41, 5.74) is 4.05. The molecular formula is C23H24N4O2. The zero-order valence-electron chi connectivity index (χ0n) is 16.2. The highest BCUT2D eigenvalue weighted by Crippen LogP contribution is 2.29. The number of hydrogen-bond acceptors (Lipinski definition) is 3. The zero-order chi connectivity index (χ0) is 20.1. The van der Waals surface area contributed by atoms with Gasteiger partial charge in [0.05, 0.1) is 6.20 Å². The van der Waals surface area contributed by atoms with Crippen molar-refractivity contribution >= 4 is 17.5 Å². The molecule has 1 aliphatic heterocycles. The van der Waals surface area contributed by atoms with E-state index in [1.807, 2.05) is 42.6 Å². The monoisotopic (exact) mass is 388 g/mol. The number of H-pyrrole nitrogens is 1. The molecule has 6 heteroatoms. The Hall–Kier alpha value is -3.41. The van der Waals surface area contributed by atoms with E-state index in [1.54, 1.807) is 17.0 Å². The second kappa shape index (κ2) is 8.73. The number of aromatic amines is 1. The minimum absolute atomic E-state index is 0.151. The molecule has 2 amide bonds. The fraction of sp³-hybridized carbons (Fsp3) is 0.261. The smallest absolute Gasteiger partial charge is 0.313 e. The van der Waals surface area contributed by atoms with E-state index < -0.39 is 11.8 Å². The van der Waals surface area contributed by atoms with Crippen LogP contribution in [0, 0.1) is 0 Å². The van der Waals surface area contributed by atoms with Crippen molar-refractivity contribution < 1.29 is 9.59 Å². The Balaban J connectivity index is 1.43. The summed E-state index contributed by atoms with van der Waals surface area (Å²) in [6.45, 7) is 1.12. The summed E-state index contributed by atoms with van der Waals surface area (Å²) in [6, 6.07) is 19.3. The third-order valence-corrected chi connectivity index (χ3v) is 5.33. The molecule has 4 rings (SSSR count). The number of likely N-dealkylation sites (tertiary alicyclic amines) is 1. The molecule has 3 aromatic rings. The van der Waals surface area contributed by atoms with Crippen molar-refractivity contribution in [1.29, 1.82) is 0 Å². The van der Waals surface area contributed by atoms with Crippen molar-refractivity contribution in [3.63, 3.8) is 0 Å². The number of benzene rings is 2. The number of amides is 2. The number of rotatable bonds is 4. The standard InChI is InChI=1S/C23H24N4O2/c28-22(25-20-11-5-2-6-12-20)23(29)27-13-7-10-18(16-27)21-19(15-24-26-21)14-17-8-3-1-4-9-17/h1-6,8-9,11-12,15,18H,7,10,13-14,16H2,(H,24,26)(H,25,28)/t18-/m1/s1. The summed E-state index contributed by atoms with van der Waals surface area (Å²) in [4.78, 5) is 26.7. The summed E-state index contributed by atoms with van der Waals surface area (Å²) in [7, 11) is 0. The van der Waals surface area contributed by atoms with E-state index in [-0.39, 0.29) is 5.92 Å². The highest BCUT2D eigenvalue weighted by atomic mass is 16.2. The van der Waals surface area contributed by atoms with Crippen LogP contribution in [0.5, 0.6) is 0 Å². The Morgan fingerprint density at radius 2 is 1.79 bits per heavy atom. The van der Waals surface area contributed by atoms with Crippen molar-refractivity contribution in [2.24, 2.45) is 0 Å². The first-order valence-corrected chi connectivity index (χ1v) is 9.92. The van der Waals surface area contributed by atoms with Gasteiger partial charge in [-0.05, 0) is 36.1 Å². The number of hydrogen-bond donors (Lipinski definition) is 2. The van der Waals surface area contributed by atoms with Crippen LogP contribution in [0.3, 0.4) is 0 Å². The molecule has 0 aliphatic carbocycles. The molecule has 0 spiro atoms. The number of carbonyl (C=O) groups is 2. The molecule has 2 heterocycles. The van der Waals surface area contributed by atoms with E-state index >= 15 is 0 Å². The molecule has 0 bridgehead atoms. The summed E-state index contributed by atoms with van der Waals surface area (Å²) in [5.74, 6) is -0.924. The van der Waals surface area contributed by atoms with E-state index in [2.05, 4.69) is 27.6 Å². The largest absolute Gasteiger partial charge is 0.334 e. The zero-order valence-corrected chi connectivity index (χ0v) is 16.2. The summed E-state index contributed by atoms with van der Waals surface area (Å²) >= 11 is 0. The number of para-hydroxylation sites is 1. The molecule has 0 radical (unpaired) electrons. The van der Waals surface area contributed by atoms with E-state index in [9.17, 15) is 9.59 Å². The van der Waals surface area contributed by atoms with Crippen molar-refractivity contribution in [2.75, 3.05) is 18.4 Å². The molecule has 0 unspecified atom stereocenters. The van der Waals surface area contributed by atoms with Gasteiger partial charge in [-0.15, -0.1) is 0 Å². The van der Waals surface area contributed by atoms with Gasteiger partial charge in [-0.2, -0.15) is 5.10 Å².